The summed E-state index contributed by atoms with van der Waals surface area (Å²) in [5, 5.41) is 3.13. The second-order valence-electron chi connectivity index (χ2n) is 4.54. The van der Waals surface area contributed by atoms with E-state index >= 15 is 0 Å². The highest BCUT2D eigenvalue weighted by molar-refractivity contribution is 7.90. The molecule has 0 unspecified atom stereocenters. The number of hydrogen-bond acceptors (Lipinski definition) is 4. The zero-order chi connectivity index (χ0) is 11.9. The van der Waals surface area contributed by atoms with E-state index in [0.717, 1.165) is 19.6 Å². The summed E-state index contributed by atoms with van der Waals surface area (Å²) in [4.78, 5) is 2.25. The summed E-state index contributed by atoms with van der Waals surface area (Å²) in [6.45, 7) is 7.81. The normalized spacial score (nSPS) is 12.7. The van der Waals surface area contributed by atoms with E-state index < -0.39 is 9.84 Å². The van der Waals surface area contributed by atoms with Crippen molar-refractivity contribution in [2.75, 3.05) is 45.2 Å². The number of nitrogens with zero attached hydrogens (tertiary/aromatic N) is 1. The molecule has 0 saturated carbocycles. The zero-order valence-electron chi connectivity index (χ0n) is 10.3. The minimum absolute atomic E-state index is 0.223. The third kappa shape index (κ3) is 11.8. The third-order valence-corrected chi connectivity index (χ3v) is 2.94. The summed E-state index contributed by atoms with van der Waals surface area (Å²) in [6.07, 6.45) is 1.26. The molecule has 0 atom stereocenters. The Kier molecular flexibility index (Phi) is 7.13. The van der Waals surface area contributed by atoms with Crippen LogP contribution >= 0.6 is 0 Å². The molecule has 0 aromatic heterocycles. The topological polar surface area (TPSA) is 49.4 Å². The SMILES string of the molecule is CC(C)CN(C)CCNCCS(C)(=O)=O. The van der Waals surface area contributed by atoms with Crippen molar-refractivity contribution in [3.05, 3.63) is 0 Å². The van der Waals surface area contributed by atoms with Crippen molar-refractivity contribution >= 4 is 9.84 Å². The summed E-state index contributed by atoms with van der Waals surface area (Å²) >= 11 is 0. The molecular formula is C10H24N2O2S. The maximum absolute atomic E-state index is 10.8. The van der Waals surface area contributed by atoms with E-state index in [2.05, 4.69) is 31.1 Å². The highest BCUT2D eigenvalue weighted by Gasteiger charge is 2.02. The van der Waals surface area contributed by atoms with Gasteiger partial charge in [0.2, 0.25) is 0 Å². The molecule has 15 heavy (non-hydrogen) atoms. The number of hydrogen-bond donors (Lipinski definition) is 1. The quantitative estimate of drug-likeness (QED) is 0.612. The van der Waals surface area contributed by atoms with Crippen LogP contribution in [0.15, 0.2) is 0 Å². The fourth-order valence-electron chi connectivity index (χ4n) is 1.37. The predicted octanol–water partition coefficient (Wildman–Crippen LogP) is 0.208. The average Bonchev–Trinajstić information content (AvgIpc) is 1.99. The van der Waals surface area contributed by atoms with E-state index in [1.807, 2.05) is 0 Å². The van der Waals surface area contributed by atoms with Crippen molar-refractivity contribution in [2.45, 2.75) is 13.8 Å². The lowest BCUT2D eigenvalue weighted by Gasteiger charge is -2.18. The lowest BCUT2D eigenvalue weighted by Crippen LogP contribution is -2.33. The van der Waals surface area contributed by atoms with Gasteiger partial charge in [-0.15, -0.1) is 0 Å². The molecule has 0 saturated heterocycles. The van der Waals surface area contributed by atoms with Crippen LogP contribution in [0.25, 0.3) is 0 Å². The largest absolute Gasteiger partial charge is 0.314 e. The van der Waals surface area contributed by atoms with Crippen molar-refractivity contribution in [1.82, 2.24) is 10.2 Å². The van der Waals surface area contributed by atoms with Crippen LogP contribution in [0.2, 0.25) is 0 Å². The fraction of sp³-hybridized carbons (Fsp3) is 1.00. The number of rotatable bonds is 8. The maximum atomic E-state index is 10.8. The van der Waals surface area contributed by atoms with Gasteiger partial charge in [-0.2, -0.15) is 0 Å². The molecule has 0 aliphatic heterocycles. The molecule has 4 nitrogen and oxygen atoms in total. The van der Waals surface area contributed by atoms with Crippen LogP contribution in [0.1, 0.15) is 13.8 Å². The molecule has 5 heteroatoms. The van der Waals surface area contributed by atoms with E-state index in [-0.39, 0.29) is 5.75 Å². The predicted molar refractivity (Wildman–Crippen MR) is 64.9 cm³/mol. The van der Waals surface area contributed by atoms with Gasteiger partial charge in [-0.05, 0) is 13.0 Å². The lowest BCUT2D eigenvalue weighted by molar-refractivity contribution is 0.295. The standard InChI is InChI=1S/C10H24N2O2S/c1-10(2)9-12(3)7-5-11-6-8-15(4,13)14/h10-11H,5-9H2,1-4H3. The van der Waals surface area contributed by atoms with Gasteiger partial charge in [0, 0.05) is 32.4 Å². The molecule has 0 aromatic rings. The Morgan fingerprint density at radius 3 is 2.33 bits per heavy atom. The number of likely N-dealkylation sites (N-methyl/N-ethyl adjacent to an activating group) is 1. The Balaban J connectivity index is 3.39. The monoisotopic (exact) mass is 236 g/mol. The first-order valence-electron chi connectivity index (χ1n) is 5.38. The summed E-state index contributed by atoms with van der Waals surface area (Å²) < 4.78 is 21.6. The summed E-state index contributed by atoms with van der Waals surface area (Å²) in [5.41, 5.74) is 0. The van der Waals surface area contributed by atoms with Crippen LogP contribution in [0, 0.1) is 5.92 Å². The summed E-state index contributed by atoms with van der Waals surface area (Å²) in [7, 11) is -0.738. The van der Waals surface area contributed by atoms with Crippen molar-refractivity contribution in [2.24, 2.45) is 5.92 Å². The zero-order valence-corrected chi connectivity index (χ0v) is 11.1. The highest BCUT2D eigenvalue weighted by Crippen LogP contribution is 1.94. The molecule has 0 amide bonds. The van der Waals surface area contributed by atoms with Gasteiger partial charge >= 0.3 is 0 Å². The van der Waals surface area contributed by atoms with Gasteiger partial charge in [0.15, 0.2) is 0 Å². The molecular weight excluding hydrogens is 212 g/mol. The highest BCUT2D eigenvalue weighted by atomic mass is 32.2. The van der Waals surface area contributed by atoms with Crippen LogP contribution in [0.5, 0.6) is 0 Å². The van der Waals surface area contributed by atoms with E-state index in [9.17, 15) is 8.42 Å². The molecule has 0 aromatic carbocycles. The molecule has 92 valence electrons. The van der Waals surface area contributed by atoms with E-state index in [1.54, 1.807) is 0 Å². The van der Waals surface area contributed by atoms with Gasteiger partial charge in [0.05, 0.1) is 5.75 Å². The third-order valence-electron chi connectivity index (χ3n) is 2.00. The number of nitrogens with one attached hydrogen (secondary N) is 1. The van der Waals surface area contributed by atoms with E-state index in [4.69, 9.17) is 0 Å². The van der Waals surface area contributed by atoms with Crippen molar-refractivity contribution in [1.29, 1.82) is 0 Å². The smallest absolute Gasteiger partial charge is 0.148 e. The molecule has 0 aliphatic carbocycles. The second kappa shape index (κ2) is 7.19. The van der Waals surface area contributed by atoms with Crippen LogP contribution < -0.4 is 5.32 Å². The van der Waals surface area contributed by atoms with Crippen molar-refractivity contribution in [3.8, 4) is 0 Å². The first kappa shape index (κ1) is 14.9. The lowest BCUT2D eigenvalue weighted by atomic mass is 10.2. The molecule has 0 rings (SSSR count). The summed E-state index contributed by atoms with van der Waals surface area (Å²) in [5.74, 6) is 0.895. The van der Waals surface area contributed by atoms with Gasteiger partial charge in [-0.25, -0.2) is 8.42 Å². The first-order valence-corrected chi connectivity index (χ1v) is 7.44. The second-order valence-corrected chi connectivity index (χ2v) is 6.80. The van der Waals surface area contributed by atoms with Crippen LogP contribution in [-0.4, -0.2) is 58.6 Å². The Hall–Kier alpha value is -0.130. The molecule has 0 radical (unpaired) electrons. The van der Waals surface area contributed by atoms with E-state index in [0.29, 0.717) is 12.5 Å². The first-order chi connectivity index (χ1) is 6.81. The van der Waals surface area contributed by atoms with Crippen LogP contribution in [0.3, 0.4) is 0 Å². The van der Waals surface area contributed by atoms with Crippen LogP contribution in [0.4, 0.5) is 0 Å². The molecule has 0 spiro atoms. The Morgan fingerprint density at radius 1 is 1.27 bits per heavy atom. The van der Waals surface area contributed by atoms with Gasteiger partial charge < -0.3 is 10.2 Å². The molecule has 0 heterocycles. The Morgan fingerprint density at radius 2 is 1.87 bits per heavy atom. The Bertz CT molecular complexity index is 250. The van der Waals surface area contributed by atoms with Gasteiger partial charge in [0.1, 0.15) is 9.84 Å². The van der Waals surface area contributed by atoms with Crippen LogP contribution in [-0.2, 0) is 9.84 Å². The van der Waals surface area contributed by atoms with Gasteiger partial charge in [-0.3, -0.25) is 0 Å². The fourth-order valence-corrected chi connectivity index (χ4v) is 1.88. The van der Waals surface area contributed by atoms with Crippen molar-refractivity contribution in [3.63, 3.8) is 0 Å². The average molecular weight is 236 g/mol. The minimum atomic E-state index is -2.82. The van der Waals surface area contributed by atoms with Gasteiger partial charge in [0.25, 0.3) is 0 Å². The maximum Gasteiger partial charge on any atom is 0.148 e. The number of sulfone groups is 1. The van der Waals surface area contributed by atoms with E-state index in [1.165, 1.54) is 6.26 Å². The van der Waals surface area contributed by atoms with Gasteiger partial charge in [-0.1, -0.05) is 13.8 Å². The molecule has 1 N–H and O–H groups in total. The molecule has 0 fully saturated rings. The molecule has 0 aliphatic rings. The molecule has 0 bridgehead atoms. The van der Waals surface area contributed by atoms with Crippen molar-refractivity contribution < 1.29 is 8.42 Å². The Labute approximate surface area is 94.0 Å². The summed E-state index contributed by atoms with van der Waals surface area (Å²) in [6, 6.07) is 0. The minimum Gasteiger partial charge on any atom is -0.314 e.